The molecule has 3 aromatic heterocycles. The Hall–Kier alpha value is -7.64. The lowest BCUT2D eigenvalue weighted by atomic mass is 9.80. The molecule has 0 spiro atoms. The molecule has 0 aliphatic carbocycles. The van der Waals surface area contributed by atoms with E-state index in [2.05, 4.69) is 26.0 Å². The summed E-state index contributed by atoms with van der Waals surface area (Å²) in [6.07, 6.45) is 1.76. The van der Waals surface area contributed by atoms with Gasteiger partial charge in [-0.25, -0.2) is 23.5 Å². The molecule has 1 atom stereocenters. The number of imide groups is 1. The Kier molecular flexibility index (Phi) is 14.2. The zero-order valence-corrected chi connectivity index (χ0v) is 43.8. The van der Waals surface area contributed by atoms with Gasteiger partial charge >= 0.3 is 5.97 Å². The molecule has 76 heavy (non-hydrogen) atoms. The number of carbonyl (C=O) groups is 5. The first-order valence-corrected chi connectivity index (χ1v) is 26.3. The smallest absolute Gasteiger partial charge is 0.355 e. The van der Waals surface area contributed by atoms with Crippen LogP contribution >= 0.6 is 11.3 Å². The monoisotopic (exact) mass is 1050 g/mol. The number of piperidine rings is 2. The van der Waals surface area contributed by atoms with E-state index in [-0.39, 0.29) is 54.0 Å². The molecular formula is C57H59F2N9O7S. The Labute approximate surface area is 441 Å². The van der Waals surface area contributed by atoms with Gasteiger partial charge in [0.1, 0.15) is 11.6 Å². The van der Waals surface area contributed by atoms with Crippen LogP contribution in [0.5, 0.6) is 5.75 Å². The molecule has 1 unspecified atom stereocenters. The van der Waals surface area contributed by atoms with Crippen LogP contribution in [0.2, 0.25) is 0 Å². The summed E-state index contributed by atoms with van der Waals surface area (Å²) in [6.45, 7) is 8.69. The van der Waals surface area contributed by atoms with Crippen LogP contribution in [0.15, 0.2) is 84.9 Å². The summed E-state index contributed by atoms with van der Waals surface area (Å²) in [5, 5.41) is 24.9. The van der Waals surface area contributed by atoms with Gasteiger partial charge in [-0.15, -0.1) is 0 Å². The minimum absolute atomic E-state index is 0.0896. The van der Waals surface area contributed by atoms with E-state index < -0.39 is 36.3 Å². The molecule has 7 aromatic rings. The van der Waals surface area contributed by atoms with Crippen LogP contribution in [-0.2, 0) is 39.8 Å². The summed E-state index contributed by atoms with van der Waals surface area (Å²) in [4.78, 5) is 77.8. The van der Waals surface area contributed by atoms with E-state index >= 15 is 8.78 Å². The van der Waals surface area contributed by atoms with Gasteiger partial charge in [0.05, 0.1) is 33.9 Å². The molecule has 3 aliphatic rings. The third-order valence-corrected chi connectivity index (χ3v) is 15.7. The number of amides is 4. The molecule has 394 valence electrons. The Balaban J connectivity index is 0.777. The summed E-state index contributed by atoms with van der Waals surface area (Å²) >= 11 is 1.40. The largest absolute Gasteiger partial charge is 0.487 e. The SMILES string of the molecule is Cc1c(OCC(F)(F)CC2CCN(CC(=O)Nc3ccc4c(C5CCC(=O)NC5=O)nn(C)c4c3)CC2)cccc1-c1c(C(C)(C)C)cc(N2CCc3cccc(C(=O)Nc4nc5ccccc5s4)c3C2)nc1C(=O)O. The van der Waals surface area contributed by atoms with Crippen LogP contribution < -0.4 is 25.6 Å². The molecule has 6 heterocycles. The number of fused-ring (bicyclic) bond motifs is 3. The van der Waals surface area contributed by atoms with Gasteiger partial charge in [-0.05, 0) is 133 Å². The number of anilines is 3. The van der Waals surface area contributed by atoms with Crippen LogP contribution in [0.1, 0.15) is 108 Å². The lowest BCUT2D eigenvalue weighted by molar-refractivity contribution is -0.134. The van der Waals surface area contributed by atoms with Gasteiger partial charge < -0.3 is 20.1 Å². The van der Waals surface area contributed by atoms with Gasteiger partial charge in [0.25, 0.3) is 11.8 Å². The lowest BCUT2D eigenvalue weighted by Gasteiger charge is -2.33. The quantitative estimate of drug-likeness (QED) is 0.0753. The van der Waals surface area contributed by atoms with E-state index in [1.54, 1.807) is 61.1 Å². The van der Waals surface area contributed by atoms with E-state index in [4.69, 9.17) is 9.72 Å². The number of para-hydroxylation sites is 1. The number of rotatable bonds is 14. The van der Waals surface area contributed by atoms with Crippen molar-refractivity contribution in [3.8, 4) is 16.9 Å². The van der Waals surface area contributed by atoms with Gasteiger partial charge in [-0.3, -0.25) is 39.4 Å². The molecule has 2 saturated heterocycles. The van der Waals surface area contributed by atoms with E-state index in [0.717, 1.165) is 32.2 Å². The first kappa shape index (κ1) is 51.8. The van der Waals surface area contributed by atoms with Gasteiger partial charge in [-0.1, -0.05) is 68.5 Å². The van der Waals surface area contributed by atoms with Crippen molar-refractivity contribution < 1.29 is 42.6 Å². The third kappa shape index (κ3) is 10.9. The average Bonchev–Trinajstić information content (AvgIpc) is 4.01. The molecule has 10 rings (SSSR count). The number of nitrogens with zero attached hydrogens (tertiary/aromatic N) is 6. The minimum atomic E-state index is -3.18. The van der Waals surface area contributed by atoms with Crippen molar-refractivity contribution >= 4 is 78.7 Å². The second kappa shape index (κ2) is 20.8. The van der Waals surface area contributed by atoms with Crippen molar-refractivity contribution in [3.05, 3.63) is 124 Å². The summed E-state index contributed by atoms with van der Waals surface area (Å²) < 4.78 is 40.2. The summed E-state index contributed by atoms with van der Waals surface area (Å²) in [5.74, 6) is -5.82. The number of carbonyl (C=O) groups excluding carboxylic acids is 4. The highest BCUT2D eigenvalue weighted by molar-refractivity contribution is 7.22. The molecule has 3 aliphatic heterocycles. The molecule has 0 radical (unpaired) electrons. The average molecular weight is 1050 g/mol. The highest BCUT2D eigenvalue weighted by Crippen LogP contribution is 2.42. The number of carboxylic acid groups (broad SMARTS) is 1. The summed E-state index contributed by atoms with van der Waals surface area (Å²) in [6, 6.07) is 25.6. The van der Waals surface area contributed by atoms with Gasteiger partial charge in [0, 0.05) is 55.2 Å². The molecule has 4 N–H and O–H groups in total. The second-order valence-electron chi connectivity index (χ2n) is 21.2. The first-order chi connectivity index (χ1) is 36.3. The van der Waals surface area contributed by atoms with E-state index in [1.807, 2.05) is 73.0 Å². The van der Waals surface area contributed by atoms with Crippen molar-refractivity contribution in [2.24, 2.45) is 13.0 Å². The number of alkyl halides is 2. The topological polar surface area (TPSA) is 201 Å². The van der Waals surface area contributed by atoms with Crippen LogP contribution in [0, 0.1) is 12.8 Å². The number of ether oxygens (including phenoxy) is 1. The number of halogens is 2. The standard InChI is InChI=1S/C57H59F2N9O7S/c1-32-36(49-41(56(2,3)4)27-46(62-51(49)54(73)74)68-25-22-34-10-8-12-37(40(34)29-68)52(71)64-55-61-42-13-6-7-15-45(42)76-55)11-9-14-44(32)75-31-57(58,59)28-33-20-23-67(24-21-33)30-48(70)60-35-16-17-38-43(26-35)66(5)65-50(38)39-18-19-47(69)63-53(39)72/h6-17,26-27,33,39H,18-25,28-31H2,1-5H3,(H,60,70)(H,73,74)(H,61,64,71)(H,63,69,72). The van der Waals surface area contributed by atoms with Crippen LogP contribution in [0.3, 0.4) is 0 Å². The maximum absolute atomic E-state index is 15.8. The van der Waals surface area contributed by atoms with Gasteiger partial charge in [0.15, 0.2) is 17.4 Å². The van der Waals surface area contributed by atoms with Crippen LogP contribution in [0.4, 0.5) is 25.4 Å². The Morgan fingerprint density at radius 2 is 1.68 bits per heavy atom. The van der Waals surface area contributed by atoms with Gasteiger partial charge in [-0.2, -0.15) is 5.10 Å². The zero-order valence-electron chi connectivity index (χ0n) is 43.0. The zero-order chi connectivity index (χ0) is 53.6. The van der Waals surface area contributed by atoms with Crippen molar-refractivity contribution in [1.82, 2.24) is 30.0 Å². The van der Waals surface area contributed by atoms with E-state index in [0.29, 0.717) is 102 Å². The number of carboxylic acids is 1. The molecule has 19 heteroatoms. The molecule has 2 fully saturated rings. The number of benzene rings is 4. The Bertz CT molecular complexity index is 3420. The number of aromatic carboxylic acids is 1. The highest BCUT2D eigenvalue weighted by atomic mass is 32.1. The number of likely N-dealkylation sites (tertiary alicyclic amines) is 1. The Morgan fingerprint density at radius 3 is 2.43 bits per heavy atom. The van der Waals surface area contributed by atoms with Crippen molar-refractivity contribution in [2.45, 2.75) is 90.0 Å². The fraction of sp³-hybridized carbons (Fsp3) is 0.368. The van der Waals surface area contributed by atoms with Gasteiger partial charge in [0.2, 0.25) is 17.7 Å². The van der Waals surface area contributed by atoms with Crippen LogP contribution in [-0.4, -0.2) is 98.1 Å². The maximum Gasteiger partial charge on any atom is 0.355 e. The molecule has 4 aromatic carbocycles. The first-order valence-electron chi connectivity index (χ1n) is 25.5. The molecular weight excluding hydrogens is 993 g/mol. The normalized spacial score (nSPS) is 16.7. The van der Waals surface area contributed by atoms with Crippen LogP contribution in [0.25, 0.3) is 32.2 Å². The number of aromatic nitrogens is 4. The highest BCUT2D eigenvalue weighted by Gasteiger charge is 2.37. The van der Waals surface area contributed by atoms with Crippen molar-refractivity contribution in [1.29, 1.82) is 0 Å². The summed E-state index contributed by atoms with van der Waals surface area (Å²) in [5.41, 5.74) is 6.29. The number of hydrogen-bond donors (Lipinski definition) is 4. The second-order valence-corrected chi connectivity index (χ2v) is 22.2. The third-order valence-electron chi connectivity index (χ3n) is 14.8. The number of aryl methyl sites for hydroxylation is 1. The lowest BCUT2D eigenvalue weighted by Crippen LogP contribution is -2.41. The fourth-order valence-electron chi connectivity index (χ4n) is 10.8. The molecule has 0 bridgehead atoms. The number of nitrogens with one attached hydrogen (secondary N) is 3. The number of hydrogen-bond acceptors (Lipinski definition) is 12. The number of thiazole rings is 1. The van der Waals surface area contributed by atoms with E-state index in [1.165, 1.54) is 11.3 Å². The summed E-state index contributed by atoms with van der Waals surface area (Å²) in [7, 11) is 1.75. The molecule has 4 amide bonds. The molecule has 16 nitrogen and oxygen atoms in total. The van der Waals surface area contributed by atoms with Crippen molar-refractivity contribution in [2.75, 3.05) is 48.3 Å². The fourth-order valence-corrected chi connectivity index (χ4v) is 11.7. The van der Waals surface area contributed by atoms with Crippen molar-refractivity contribution in [3.63, 3.8) is 0 Å². The Morgan fingerprint density at radius 1 is 0.908 bits per heavy atom. The molecule has 0 saturated carbocycles. The predicted octanol–water partition coefficient (Wildman–Crippen LogP) is 9.64. The number of pyridine rings is 1. The minimum Gasteiger partial charge on any atom is -0.487 e. The predicted molar refractivity (Wildman–Crippen MR) is 288 cm³/mol. The maximum atomic E-state index is 15.8. The van der Waals surface area contributed by atoms with E-state index in [9.17, 15) is 29.1 Å².